The lowest BCUT2D eigenvalue weighted by atomic mass is 10.3. The molecule has 0 aliphatic heterocycles. The molecule has 0 radical (unpaired) electrons. The summed E-state index contributed by atoms with van der Waals surface area (Å²) in [6.07, 6.45) is 6.90. The SMILES string of the molecule is S=C(NC1CC1)N(Cc1ccccn1)C1CC1. The van der Waals surface area contributed by atoms with Crippen molar-refractivity contribution in [2.24, 2.45) is 0 Å². The highest BCUT2D eigenvalue weighted by Gasteiger charge is 2.33. The first kappa shape index (κ1) is 11.0. The lowest BCUT2D eigenvalue weighted by molar-refractivity contribution is 0.390. The molecule has 90 valence electrons. The Morgan fingerprint density at radius 3 is 2.76 bits per heavy atom. The molecule has 3 rings (SSSR count). The molecule has 4 heteroatoms. The molecule has 2 aliphatic rings. The van der Waals surface area contributed by atoms with Gasteiger partial charge in [-0.25, -0.2) is 0 Å². The molecule has 2 saturated carbocycles. The summed E-state index contributed by atoms with van der Waals surface area (Å²) in [6, 6.07) is 7.31. The average Bonchev–Trinajstić information content (AvgIpc) is 3.21. The Bertz CT molecular complexity index is 398. The molecule has 0 unspecified atom stereocenters. The van der Waals surface area contributed by atoms with Crippen LogP contribution in [0.2, 0.25) is 0 Å². The number of aromatic nitrogens is 1. The number of rotatable bonds is 4. The van der Waals surface area contributed by atoms with E-state index >= 15 is 0 Å². The molecule has 17 heavy (non-hydrogen) atoms. The summed E-state index contributed by atoms with van der Waals surface area (Å²) in [7, 11) is 0. The van der Waals surface area contributed by atoms with Gasteiger partial charge < -0.3 is 10.2 Å². The number of nitrogens with one attached hydrogen (secondary N) is 1. The third-order valence-electron chi connectivity index (χ3n) is 3.21. The highest BCUT2D eigenvalue weighted by molar-refractivity contribution is 7.80. The monoisotopic (exact) mass is 247 g/mol. The second-order valence-corrected chi connectivity index (χ2v) is 5.29. The molecule has 1 aromatic heterocycles. The van der Waals surface area contributed by atoms with E-state index in [4.69, 9.17) is 12.2 Å². The minimum Gasteiger partial charge on any atom is -0.360 e. The van der Waals surface area contributed by atoms with Crippen LogP contribution in [-0.4, -0.2) is 27.1 Å². The van der Waals surface area contributed by atoms with Crippen molar-refractivity contribution in [1.29, 1.82) is 0 Å². The van der Waals surface area contributed by atoms with Crippen LogP contribution in [-0.2, 0) is 6.54 Å². The van der Waals surface area contributed by atoms with E-state index in [1.807, 2.05) is 18.3 Å². The molecule has 1 heterocycles. The lowest BCUT2D eigenvalue weighted by Crippen LogP contribution is -2.41. The third-order valence-corrected chi connectivity index (χ3v) is 3.56. The van der Waals surface area contributed by atoms with Crippen LogP contribution < -0.4 is 5.32 Å². The van der Waals surface area contributed by atoms with Crippen LogP contribution in [0.3, 0.4) is 0 Å². The van der Waals surface area contributed by atoms with Gasteiger partial charge in [-0.1, -0.05) is 6.07 Å². The van der Waals surface area contributed by atoms with E-state index in [-0.39, 0.29) is 0 Å². The smallest absolute Gasteiger partial charge is 0.169 e. The van der Waals surface area contributed by atoms with Gasteiger partial charge in [-0.2, -0.15) is 0 Å². The molecule has 0 saturated heterocycles. The molecular formula is C13H17N3S. The van der Waals surface area contributed by atoms with Crippen LogP contribution in [0.4, 0.5) is 0 Å². The Hall–Kier alpha value is -1.16. The van der Waals surface area contributed by atoms with E-state index in [0.717, 1.165) is 17.4 Å². The van der Waals surface area contributed by atoms with Crippen molar-refractivity contribution in [1.82, 2.24) is 15.2 Å². The summed E-state index contributed by atoms with van der Waals surface area (Å²) in [5.41, 5.74) is 1.10. The summed E-state index contributed by atoms with van der Waals surface area (Å²) in [4.78, 5) is 6.68. The molecule has 2 aliphatic carbocycles. The zero-order valence-corrected chi connectivity index (χ0v) is 10.6. The van der Waals surface area contributed by atoms with Gasteiger partial charge in [-0.3, -0.25) is 4.98 Å². The van der Waals surface area contributed by atoms with Crippen molar-refractivity contribution in [2.75, 3.05) is 0 Å². The molecule has 3 nitrogen and oxygen atoms in total. The fourth-order valence-electron chi connectivity index (χ4n) is 1.90. The van der Waals surface area contributed by atoms with E-state index in [1.165, 1.54) is 25.7 Å². The zero-order chi connectivity index (χ0) is 11.7. The number of hydrogen-bond donors (Lipinski definition) is 1. The highest BCUT2D eigenvalue weighted by Crippen LogP contribution is 2.29. The first-order valence-corrected chi connectivity index (χ1v) is 6.71. The number of pyridine rings is 1. The zero-order valence-electron chi connectivity index (χ0n) is 9.80. The van der Waals surface area contributed by atoms with E-state index in [9.17, 15) is 0 Å². The maximum absolute atomic E-state index is 5.49. The van der Waals surface area contributed by atoms with E-state index in [2.05, 4.69) is 21.3 Å². The summed E-state index contributed by atoms with van der Waals surface area (Å²) in [6.45, 7) is 0.837. The van der Waals surface area contributed by atoms with Crippen molar-refractivity contribution in [3.8, 4) is 0 Å². The summed E-state index contributed by atoms with van der Waals surface area (Å²) in [5.74, 6) is 0. The molecule has 0 amide bonds. The number of hydrogen-bond acceptors (Lipinski definition) is 2. The van der Waals surface area contributed by atoms with Crippen LogP contribution in [0.25, 0.3) is 0 Å². The third kappa shape index (κ3) is 2.94. The molecule has 0 atom stereocenters. The van der Waals surface area contributed by atoms with Crippen molar-refractivity contribution >= 4 is 17.3 Å². The van der Waals surface area contributed by atoms with Crippen LogP contribution in [0.5, 0.6) is 0 Å². The largest absolute Gasteiger partial charge is 0.360 e. The fourth-order valence-corrected chi connectivity index (χ4v) is 2.28. The molecule has 0 aromatic carbocycles. The lowest BCUT2D eigenvalue weighted by Gasteiger charge is -2.25. The van der Waals surface area contributed by atoms with Gasteiger partial charge in [0, 0.05) is 18.3 Å². The van der Waals surface area contributed by atoms with Crippen LogP contribution in [0.1, 0.15) is 31.4 Å². The normalized spacial score (nSPS) is 18.8. The molecule has 1 N–H and O–H groups in total. The average molecular weight is 247 g/mol. The molecule has 0 bridgehead atoms. The van der Waals surface area contributed by atoms with Crippen LogP contribution in [0, 0.1) is 0 Å². The van der Waals surface area contributed by atoms with Gasteiger partial charge >= 0.3 is 0 Å². The first-order chi connectivity index (χ1) is 8.33. The van der Waals surface area contributed by atoms with Gasteiger partial charge in [0.2, 0.25) is 0 Å². The van der Waals surface area contributed by atoms with Crippen molar-refractivity contribution in [3.05, 3.63) is 30.1 Å². The predicted molar refractivity (Wildman–Crippen MR) is 71.6 cm³/mol. The predicted octanol–water partition coefficient (Wildman–Crippen LogP) is 2.08. The fraction of sp³-hybridized carbons (Fsp3) is 0.538. The Kier molecular flexibility index (Phi) is 2.97. The number of thiocarbonyl (C=S) groups is 1. The van der Waals surface area contributed by atoms with Crippen LogP contribution in [0.15, 0.2) is 24.4 Å². The van der Waals surface area contributed by atoms with Crippen molar-refractivity contribution in [3.63, 3.8) is 0 Å². The highest BCUT2D eigenvalue weighted by atomic mass is 32.1. The van der Waals surface area contributed by atoms with Gasteiger partial charge in [-0.15, -0.1) is 0 Å². The maximum atomic E-state index is 5.49. The Morgan fingerprint density at radius 2 is 2.18 bits per heavy atom. The maximum Gasteiger partial charge on any atom is 0.169 e. The topological polar surface area (TPSA) is 28.2 Å². The van der Waals surface area contributed by atoms with E-state index in [0.29, 0.717) is 12.1 Å². The second kappa shape index (κ2) is 4.61. The summed E-state index contributed by atoms with van der Waals surface area (Å²) in [5, 5.41) is 4.34. The standard InChI is InChI=1S/C13H17N3S/c17-13(15-10-4-5-10)16(12-6-7-12)9-11-3-1-2-8-14-11/h1-3,8,10,12H,4-7,9H2,(H,15,17). The second-order valence-electron chi connectivity index (χ2n) is 4.90. The van der Waals surface area contributed by atoms with E-state index < -0.39 is 0 Å². The van der Waals surface area contributed by atoms with Gasteiger partial charge in [0.15, 0.2) is 5.11 Å². The summed E-state index contributed by atoms with van der Waals surface area (Å²) >= 11 is 5.49. The minimum absolute atomic E-state index is 0.632. The number of nitrogens with zero attached hydrogens (tertiary/aromatic N) is 2. The van der Waals surface area contributed by atoms with Crippen LogP contribution >= 0.6 is 12.2 Å². The van der Waals surface area contributed by atoms with Gasteiger partial charge in [-0.05, 0) is 50.0 Å². The quantitative estimate of drug-likeness (QED) is 0.825. The van der Waals surface area contributed by atoms with Gasteiger partial charge in [0.25, 0.3) is 0 Å². The molecule has 2 fully saturated rings. The van der Waals surface area contributed by atoms with E-state index in [1.54, 1.807) is 0 Å². The van der Waals surface area contributed by atoms with Crippen molar-refractivity contribution < 1.29 is 0 Å². The van der Waals surface area contributed by atoms with Gasteiger partial charge in [0.05, 0.1) is 12.2 Å². The minimum atomic E-state index is 0.632. The Balaban J connectivity index is 1.65. The first-order valence-electron chi connectivity index (χ1n) is 6.30. The Morgan fingerprint density at radius 1 is 1.35 bits per heavy atom. The Labute approximate surface area is 107 Å². The van der Waals surface area contributed by atoms with Crippen molar-refractivity contribution in [2.45, 2.75) is 44.3 Å². The van der Waals surface area contributed by atoms with Gasteiger partial charge in [0.1, 0.15) is 0 Å². The molecule has 0 spiro atoms. The summed E-state index contributed by atoms with van der Waals surface area (Å²) < 4.78 is 0. The molecular weight excluding hydrogens is 230 g/mol. The molecule has 1 aromatic rings.